The van der Waals surface area contributed by atoms with Crippen LogP contribution in [0.2, 0.25) is 0 Å². The minimum absolute atomic E-state index is 0.318. The van der Waals surface area contributed by atoms with Gasteiger partial charge in [0.15, 0.2) is 0 Å². The van der Waals surface area contributed by atoms with Gasteiger partial charge in [-0.25, -0.2) is 0 Å². The molecule has 0 radical (unpaired) electrons. The third-order valence-electron chi connectivity index (χ3n) is 2.76. The number of hydrogen-bond acceptors (Lipinski definition) is 3. The fraction of sp³-hybridized carbons (Fsp3) is 0.500. The largest absolute Gasteiger partial charge is 0.361 e. The summed E-state index contributed by atoms with van der Waals surface area (Å²) < 4.78 is 5.12. The van der Waals surface area contributed by atoms with Gasteiger partial charge in [-0.15, -0.1) is 0 Å². The van der Waals surface area contributed by atoms with Crippen molar-refractivity contribution in [1.82, 2.24) is 5.16 Å². The van der Waals surface area contributed by atoms with Crippen LogP contribution in [0.25, 0.3) is 0 Å². The summed E-state index contributed by atoms with van der Waals surface area (Å²) in [5.74, 6) is 0.867. The first kappa shape index (κ1) is 8.51. The van der Waals surface area contributed by atoms with E-state index in [-0.39, 0.29) is 5.54 Å². The lowest BCUT2D eigenvalue weighted by Gasteiger charge is -2.21. The van der Waals surface area contributed by atoms with Gasteiger partial charge in [0.1, 0.15) is 11.5 Å². The van der Waals surface area contributed by atoms with Crippen LogP contribution in [0.1, 0.15) is 29.9 Å². The molecule has 0 aromatic carbocycles. The molecule has 1 aliphatic rings. The standard InChI is InChI=1S/C10H14N2O/c1-7-8(2)13-12-9(7)10(11)5-3-4-6-10/h3-4H,5-6,11H2,1-2H3. The molecule has 3 heteroatoms. The Morgan fingerprint density at radius 2 is 2.00 bits per heavy atom. The topological polar surface area (TPSA) is 52.0 Å². The Labute approximate surface area is 77.6 Å². The molecule has 0 unspecified atom stereocenters. The molecular weight excluding hydrogens is 164 g/mol. The molecule has 3 nitrogen and oxygen atoms in total. The summed E-state index contributed by atoms with van der Waals surface area (Å²) in [5, 5.41) is 4.03. The van der Waals surface area contributed by atoms with Crippen LogP contribution in [-0.4, -0.2) is 5.16 Å². The highest BCUT2D eigenvalue weighted by atomic mass is 16.5. The van der Waals surface area contributed by atoms with E-state index in [1.165, 1.54) is 0 Å². The summed E-state index contributed by atoms with van der Waals surface area (Å²) in [6, 6.07) is 0. The molecule has 0 amide bonds. The van der Waals surface area contributed by atoms with Crippen molar-refractivity contribution in [3.63, 3.8) is 0 Å². The lowest BCUT2D eigenvalue weighted by atomic mass is 9.91. The first-order valence-corrected chi connectivity index (χ1v) is 4.51. The van der Waals surface area contributed by atoms with Crippen molar-refractivity contribution in [3.05, 3.63) is 29.2 Å². The molecule has 0 spiro atoms. The predicted molar refractivity (Wildman–Crippen MR) is 50.2 cm³/mol. The first-order chi connectivity index (χ1) is 6.13. The van der Waals surface area contributed by atoms with Crippen LogP contribution in [0.3, 0.4) is 0 Å². The zero-order valence-corrected chi connectivity index (χ0v) is 8.00. The Bertz CT molecular complexity index is 344. The fourth-order valence-corrected chi connectivity index (χ4v) is 1.75. The molecule has 1 aromatic rings. The van der Waals surface area contributed by atoms with E-state index in [0.29, 0.717) is 0 Å². The molecule has 0 aliphatic heterocycles. The SMILES string of the molecule is Cc1onc(C2(N)CC=CC2)c1C. The molecule has 0 fully saturated rings. The smallest absolute Gasteiger partial charge is 0.136 e. The van der Waals surface area contributed by atoms with Crippen LogP contribution >= 0.6 is 0 Å². The molecule has 1 heterocycles. The predicted octanol–water partition coefficient (Wildman–Crippen LogP) is 1.80. The zero-order valence-electron chi connectivity index (χ0n) is 8.00. The van der Waals surface area contributed by atoms with E-state index in [0.717, 1.165) is 29.9 Å². The van der Waals surface area contributed by atoms with Crippen LogP contribution in [0, 0.1) is 13.8 Å². The minimum Gasteiger partial charge on any atom is -0.361 e. The molecule has 2 rings (SSSR count). The summed E-state index contributed by atoms with van der Waals surface area (Å²) in [4.78, 5) is 0. The average molecular weight is 178 g/mol. The maximum atomic E-state index is 6.21. The summed E-state index contributed by atoms with van der Waals surface area (Å²) in [5.41, 5.74) is 7.89. The van der Waals surface area contributed by atoms with Crippen LogP contribution < -0.4 is 5.73 Å². The second-order valence-corrected chi connectivity index (χ2v) is 3.75. The van der Waals surface area contributed by atoms with Gasteiger partial charge in [0.2, 0.25) is 0 Å². The Morgan fingerprint density at radius 1 is 1.38 bits per heavy atom. The van der Waals surface area contributed by atoms with Crippen molar-refractivity contribution in [3.8, 4) is 0 Å². The molecular formula is C10H14N2O. The quantitative estimate of drug-likeness (QED) is 0.667. The van der Waals surface area contributed by atoms with Gasteiger partial charge in [-0.05, 0) is 26.7 Å². The van der Waals surface area contributed by atoms with Gasteiger partial charge in [-0.3, -0.25) is 0 Å². The molecule has 1 aliphatic carbocycles. The number of hydrogen-bond donors (Lipinski definition) is 1. The van der Waals surface area contributed by atoms with Crippen molar-refractivity contribution >= 4 is 0 Å². The van der Waals surface area contributed by atoms with Gasteiger partial charge >= 0.3 is 0 Å². The van der Waals surface area contributed by atoms with Gasteiger partial charge in [0.05, 0.1) is 5.54 Å². The molecule has 2 N–H and O–H groups in total. The highest BCUT2D eigenvalue weighted by Gasteiger charge is 2.33. The molecule has 13 heavy (non-hydrogen) atoms. The normalized spacial score (nSPS) is 19.6. The van der Waals surface area contributed by atoms with Crippen molar-refractivity contribution in [2.24, 2.45) is 5.73 Å². The van der Waals surface area contributed by atoms with Crippen LogP contribution in [0.4, 0.5) is 0 Å². The van der Waals surface area contributed by atoms with E-state index in [4.69, 9.17) is 10.3 Å². The second-order valence-electron chi connectivity index (χ2n) is 3.75. The third-order valence-corrected chi connectivity index (χ3v) is 2.76. The van der Waals surface area contributed by atoms with Gasteiger partial charge in [-0.2, -0.15) is 0 Å². The zero-order chi connectivity index (χ0) is 9.47. The lowest BCUT2D eigenvalue weighted by molar-refractivity contribution is 0.361. The molecule has 0 bridgehead atoms. The Kier molecular flexibility index (Phi) is 1.77. The number of nitrogens with zero attached hydrogens (tertiary/aromatic N) is 1. The lowest BCUT2D eigenvalue weighted by Crippen LogP contribution is -2.34. The van der Waals surface area contributed by atoms with Crippen LogP contribution in [0.15, 0.2) is 16.7 Å². The van der Waals surface area contributed by atoms with E-state index in [1.807, 2.05) is 13.8 Å². The number of nitrogens with two attached hydrogens (primary N) is 1. The fourth-order valence-electron chi connectivity index (χ4n) is 1.75. The Morgan fingerprint density at radius 3 is 2.46 bits per heavy atom. The van der Waals surface area contributed by atoms with Crippen molar-refractivity contribution in [2.45, 2.75) is 32.2 Å². The van der Waals surface area contributed by atoms with E-state index < -0.39 is 0 Å². The van der Waals surface area contributed by atoms with E-state index >= 15 is 0 Å². The van der Waals surface area contributed by atoms with Crippen molar-refractivity contribution < 1.29 is 4.52 Å². The summed E-state index contributed by atoms with van der Waals surface area (Å²) in [7, 11) is 0. The second kappa shape index (κ2) is 2.70. The van der Waals surface area contributed by atoms with E-state index in [2.05, 4.69) is 17.3 Å². The van der Waals surface area contributed by atoms with E-state index in [1.54, 1.807) is 0 Å². The Balaban J connectivity index is 2.40. The number of aromatic nitrogens is 1. The van der Waals surface area contributed by atoms with Crippen LogP contribution in [-0.2, 0) is 5.54 Å². The van der Waals surface area contributed by atoms with Gasteiger partial charge in [-0.1, -0.05) is 17.3 Å². The summed E-state index contributed by atoms with van der Waals surface area (Å²) in [6.45, 7) is 3.92. The molecule has 70 valence electrons. The van der Waals surface area contributed by atoms with Gasteiger partial charge in [0, 0.05) is 5.56 Å². The highest BCUT2D eigenvalue weighted by Crippen LogP contribution is 2.33. The molecule has 0 saturated carbocycles. The monoisotopic (exact) mass is 178 g/mol. The number of aryl methyl sites for hydroxylation is 1. The van der Waals surface area contributed by atoms with Crippen molar-refractivity contribution in [1.29, 1.82) is 0 Å². The average Bonchev–Trinajstić information content (AvgIpc) is 2.63. The molecule has 0 atom stereocenters. The van der Waals surface area contributed by atoms with Crippen molar-refractivity contribution in [2.75, 3.05) is 0 Å². The summed E-state index contributed by atoms with van der Waals surface area (Å²) in [6.07, 6.45) is 5.92. The maximum absolute atomic E-state index is 6.21. The summed E-state index contributed by atoms with van der Waals surface area (Å²) >= 11 is 0. The Hall–Kier alpha value is -1.09. The van der Waals surface area contributed by atoms with Gasteiger partial charge < -0.3 is 10.3 Å². The molecule has 1 aromatic heterocycles. The highest BCUT2D eigenvalue weighted by molar-refractivity contribution is 5.30. The van der Waals surface area contributed by atoms with Gasteiger partial charge in [0.25, 0.3) is 0 Å². The maximum Gasteiger partial charge on any atom is 0.136 e. The third kappa shape index (κ3) is 1.20. The minimum atomic E-state index is -0.318. The van der Waals surface area contributed by atoms with Crippen LogP contribution in [0.5, 0.6) is 0 Å². The van der Waals surface area contributed by atoms with E-state index in [9.17, 15) is 0 Å². The molecule has 0 saturated heterocycles. The first-order valence-electron chi connectivity index (χ1n) is 4.51. The number of rotatable bonds is 1.